The van der Waals surface area contributed by atoms with Crippen molar-refractivity contribution in [3.63, 3.8) is 0 Å². The first-order valence-corrected chi connectivity index (χ1v) is 3.89. The summed E-state index contributed by atoms with van der Waals surface area (Å²) < 4.78 is 2.86. The molecule has 0 amide bonds. The highest BCUT2D eigenvalue weighted by atomic mass is 127. The van der Waals surface area contributed by atoms with Crippen molar-refractivity contribution < 1.29 is 0 Å². The maximum absolute atomic E-state index is 4.15. The number of nitrogens with zero attached hydrogens (tertiary/aromatic N) is 3. The molecule has 0 saturated carbocycles. The minimum Gasteiger partial charge on any atom is -0.290 e. The topological polar surface area (TPSA) is 30.2 Å². The van der Waals surface area contributed by atoms with E-state index in [-0.39, 0.29) is 0 Å². The third-order valence-electron chi connectivity index (χ3n) is 1.21. The van der Waals surface area contributed by atoms with Crippen molar-refractivity contribution in [2.24, 2.45) is 0 Å². The molecule has 0 fully saturated rings. The Hall–Kier alpha value is -0.650. The highest BCUT2D eigenvalue weighted by Gasteiger charge is 1.95. The van der Waals surface area contributed by atoms with Crippen molar-refractivity contribution in [3.8, 4) is 0 Å². The Morgan fingerprint density at radius 3 is 3.20 bits per heavy atom. The van der Waals surface area contributed by atoms with E-state index in [9.17, 15) is 0 Å². The third kappa shape index (κ3) is 0.880. The number of hydrogen-bond donors (Lipinski definition) is 0. The molecule has 0 aliphatic heterocycles. The Morgan fingerprint density at radius 2 is 2.40 bits per heavy atom. The molecule has 2 rings (SSSR count). The second-order valence-electron chi connectivity index (χ2n) is 1.89. The fourth-order valence-electron chi connectivity index (χ4n) is 0.801. The lowest BCUT2D eigenvalue weighted by Gasteiger charge is -1.85. The summed E-state index contributed by atoms with van der Waals surface area (Å²) in [5.41, 5.74) is 0. The van der Waals surface area contributed by atoms with E-state index in [1.165, 1.54) is 0 Å². The number of hydrogen-bond acceptors (Lipinski definition) is 2. The molecule has 2 aromatic heterocycles. The van der Waals surface area contributed by atoms with Crippen LogP contribution < -0.4 is 0 Å². The summed E-state index contributed by atoms with van der Waals surface area (Å²) in [5, 5.41) is 0. The van der Waals surface area contributed by atoms with Gasteiger partial charge in [0.15, 0.2) is 0 Å². The molecule has 0 atom stereocenters. The van der Waals surface area contributed by atoms with Gasteiger partial charge in [-0.05, 0) is 28.7 Å². The third-order valence-corrected chi connectivity index (χ3v) is 1.73. The Bertz CT molecular complexity index is 322. The minimum absolute atomic E-state index is 0.756. The van der Waals surface area contributed by atoms with Crippen LogP contribution in [0.5, 0.6) is 0 Å². The van der Waals surface area contributed by atoms with Crippen LogP contribution in [0.1, 0.15) is 0 Å². The van der Waals surface area contributed by atoms with Crippen molar-refractivity contribution in [1.82, 2.24) is 14.4 Å². The lowest BCUT2D eigenvalue weighted by Crippen LogP contribution is -1.82. The Morgan fingerprint density at radius 1 is 1.50 bits per heavy atom. The second-order valence-corrected chi connectivity index (χ2v) is 3.00. The van der Waals surface area contributed by atoms with Crippen molar-refractivity contribution >= 4 is 28.4 Å². The Kier molecular flexibility index (Phi) is 1.33. The van der Waals surface area contributed by atoms with E-state index in [2.05, 4.69) is 32.6 Å². The van der Waals surface area contributed by atoms with Gasteiger partial charge < -0.3 is 0 Å². The zero-order chi connectivity index (χ0) is 6.97. The zero-order valence-electron chi connectivity index (χ0n) is 5.03. The quantitative estimate of drug-likeness (QED) is 0.655. The van der Waals surface area contributed by atoms with Crippen LogP contribution in [0.3, 0.4) is 0 Å². The maximum atomic E-state index is 4.15. The van der Waals surface area contributed by atoms with Crippen LogP contribution in [0, 0.1) is 3.70 Å². The number of aromatic nitrogens is 3. The van der Waals surface area contributed by atoms with Gasteiger partial charge in [0.05, 0.1) is 0 Å². The molecule has 0 aliphatic rings. The van der Waals surface area contributed by atoms with Gasteiger partial charge in [-0.1, -0.05) is 0 Å². The first kappa shape index (κ1) is 6.09. The summed E-state index contributed by atoms with van der Waals surface area (Å²) in [5.74, 6) is 0.756. The minimum atomic E-state index is 0.756. The molecule has 10 heavy (non-hydrogen) atoms. The average molecular weight is 245 g/mol. The van der Waals surface area contributed by atoms with Crippen LogP contribution in [0.2, 0.25) is 0 Å². The van der Waals surface area contributed by atoms with Crippen molar-refractivity contribution in [3.05, 3.63) is 28.4 Å². The number of imidazole rings is 1. The monoisotopic (exact) mass is 245 g/mol. The number of rotatable bonds is 0. The second kappa shape index (κ2) is 2.19. The van der Waals surface area contributed by atoms with Gasteiger partial charge in [-0.15, -0.1) is 0 Å². The van der Waals surface area contributed by atoms with Gasteiger partial charge in [-0.2, -0.15) is 0 Å². The highest BCUT2D eigenvalue weighted by Crippen LogP contribution is 2.02. The van der Waals surface area contributed by atoms with E-state index in [0.717, 1.165) is 9.48 Å². The van der Waals surface area contributed by atoms with E-state index in [1.54, 1.807) is 6.20 Å². The molecular weight excluding hydrogens is 241 g/mol. The molecule has 0 aromatic carbocycles. The maximum Gasteiger partial charge on any atom is 0.234 e. The number of fused-ring (bicyclic) bond motifs is 1. The van der Waals surface area contributed by atoms with E-state index >= 15 is 0 Å². The van der Waals surface area contributed by atoms with Gasteiger partial charge >= 0.3 is 0 Å². The molecule has 2 aromatic rings. The predicted octanol–water partition coefficient (Wildman–Crippen LogP) is 1.33. The lowest BCUT2D eigenvalue weighted by molar-refractivity contribution is 1.11. The molecule has 0 aliphatic carbocycles. The van der Waals surface area contributed by atoms with Gasteiger partial charge in [-0.3, -0.25) is 4.40 Å². The molecule has 0 radical (unpaired) electrons. The molecule has 0 unspecified atom stereocenters. The van der Waals surface area contributed by atoms with E-state index < -0.39 is 0 Å². The van der Waals surface area contributed by atoms with Crippen LogP contribution in [0.15, 0.2) is 24.7 Å². The predicted molar refractivity (Wildman–Crippen MR) is 45.7 cm³/mol. The first-order chi connectivity index (χ1) is 4.86. The summed E-state index contributed by atoms with van der Waals surface area (Å²) in [6, 6.07) is 1.88. The fourth-order valence-corrected chi connectivity index (χ4v) is 1.32. The Labute approximate surface area is 71.3 Å². The normalized spacial score (nSPS) is 10.5. The van der Waals surface area contributed by atoms with E-state index in [0.29, 0.717) is 0 Å². The van der Waals surface area contributed by atoms with Gasteiger partial charge in [0.25, 0.3) is 0 Å². The standard InChI is InChI=1S/C6H4IN3/c7-5-4-10-3-1-2-8-6(10)9-5/h1-4H. The summed E-state index contributed by atoms with van der Waals surface area (Å²) in [6.45, 7) is 0. The van der Waals surface area contributed by atoms with E-state index in [4.69, 9.17) is 0 Å². The Balaban J connectivity index is 2.88. The molecule has 3 nitrogen and oxygen atoms in total. The molecule has 0 spiro atoms. The average Bonchev–Trinajstić information content (AvgIpc) is 2.27. The van der Waals surface area contributed by atoms with Gasteiger partial charge in [0, 0.05) is 18.6 Å². The zero-order valence-corrected chi connectivity index (χ0v) is 7.19. The molecular formula is C6H4IN3. The van der Waals surface area contributed by atoms with Crippen LogP contribution in [0.25, 0.3) is 5.78 Å². The molecule has 4 heteroatoms. The fraction of sp³-hybridized carbons (Fsp3) is 0. The number of halogens is 1. The largest absolute Gasteiger partial charge is 0.290 e. The van der Waals surface area contributed by atoms with Crippen molar-refractivity contribution in [2.75, 3.05) is 0 Å². The summed E-state index contributed by atoms with van der Waals surface area (Å²) in [6.07, 6.45) is 5.60. The molecule has 0 N–H and O–H groups in total. The van der Waals surface area contributed by atoms with E-state index in [1.807, 2.05) is 22.9 Å². The van der Waals surface area contributed by atoms with Gasteiger partial charge in [0.1, 0.15) is 3.70 Å². The lowest BCUT2D eigenvalue weighted by atomic mass is 10.7. The van der Waals surface area contributed by atoms with Crippen LogP contribution in [-0.4, -0.2) is 14.4 Å². The summed E-state index contributed by atoms with van der Waals surface area (Å²) >= 11 is 2.16. The SMILES string of the molecule is Ic1cn2cccnc2n1. The highest BCUT2D eigenvalue weighted by molar-refractivity contribution is 14.1. The molecule has 0 bridgehead atoms. The smallest absolute Gasteiger partial charge is 0.234 e. The first-order valence-electron chi connectivity index (χ1n) is 2.81. The summed E-state index contributed by atoms with van der Waals surface area (Å²) in [4.78, 5) is 8.20. The summed E-state index contributed by atoms with van der Waals surface area (Å²) in [7, 11) is 0. The van der Waals surface area contributed by atoms with Gasteiger partial charge in [0.2, 0.25) is 5.78 Å². The van der Waals surface area contributed by atoms with Crippen molar-refractivity contribution in [1.29, 1.82) is 0 Å². The van der Waals surface area contributed by atoms with Crippen LogP contribution in [-0.2, 0) is 0 Å². The molecule has 0 saturated heterocycles. The molecule has 50 valence electrons. The van der Waals surface area contributed by atoms with Gasteiger partial charge in [-0.25, -0.2) is 9.97 Å². The molecule has 2 heterocycles. The van der Waals surface area contributed by atoms with Crippen LogP contribution in [0.4, 0.5) is 0 Å². The van der Waals surface area contributed by atoms with Crippen molar-refractivity contribution in [2.45, 2.75) is 0 Å². The van der Waals surface area contributed by atoms with Crippen LogP contribution >= 0.6 is 22.6 Å².